The molecule has 0 bridgehead atoms. The molecule has 1 rings (SSSR count). The number of methoxy groups -OCH3 is 1. The van der Waals surface area contributed by atoms with E-state index in [1.165, 1.54) is 0 Å². The van der Waals surface area contributed by atoms with Crippen LogP contribution in [0.25, 0.3) is 0 Å². The van der Waals surface area contributed by atoms with E-state index in [2.05, 4.69) is 10.5 Å². The van der Waals surface area contributed by atoms with Crippen LogP contribution in [0.5, 0.6) is 5.75 Å². The number of hydrogen-bond donors (Lipinski definition) is 1. The molecule has 4 nitrogen and oxygen atoms in total. The van der Waals surface area contributed by atoms with Gasteiger partial charge in [-0.05, 0) is 24.4 Å². The molecular formula is C11H15N3OS. The van der Waals surface area contributed by atoms with Crippen molar-refractivity contribution in [3.8, 4) is 5.75 Å². The first kappa shape index (κ1) is 12.4. The third kappa shape index (κ3) is 3.51. The summed E-state index contributed by atoms with van der Waals surface area (Å²) in [7, 11) is 5.34. The quantitative estimate of drug-likeness (QED) is 0.490. The third-order valence-corrected chi connectivity index (χ3v) is 2.37. The molecule has 0 spiro atoms. The second-order valence-corrected chi connectivity index (χ2v) is 3.70. The van der Waals surface area contributed by atoms with Gasteiger partial charge in [-0.2, -0.15) is 5.10 Å². The number of hydrogen-bond acceptors (Lipinski definition) is 3. The summed E-state index contributed by atoms with van der Waals surface area (Å²) in [6, 6.07) is 7.64. The zero-order valence-corrected chi connectivity index (χ0v) is 10.4. The van der Waals surface area contributed by atoms with Gasteiger partial charge in [-0.3, -0.25) is 5.43 Å². The average molecular weight is 237 g/mol. The Morgan fingerprint density at radius 3 is 2.75 bits per heavy atom. The highest BCUT2D eigenvalue weighted by Gasteiger charge is 1.98. The maximum Gasteiger partial charge on any atom is 0.189 e. The van der Waals surface area contributed by atoms with Gasteiger partial charge in [0.05, 0.1) is 13.3 Å². The number of rotatable bonds is 3. The highest BCUT2D eigenvalue weighted by atomic mass is 32.1. The van der Waals surface area contributed by atoms with Crippen molar-refractivity contribution in [3.63, 3.8) is 0 Å². The minimum absolute atomic E-state index is 0.561. The van der Waals surface area contributed by atoms with Crippen molar-refractivity contribution in [3.05, 3.63) is 29.8 Å². The van der Waals surface area contributed by atoms with Crippen molar-refractivity contribution in [2.24, 2.45) is 5.10 Å². The van der Waals surface area contributed by atoms with Crippen LogP contribution in [0.2, 0.25) is 0 Å². The molecule has 16 heavy (non-hydrogen) atoms. The van der Waals surface area contributed by atoms with Crippen LogP contribution in [0.1, 0.15) is 5.56 Å². The van der Waals surface area contributed by atoms with Crippen molar-refractivity contribution in [2.45, 2.75) is 0 Å². The number of nitrogens with zero attached hydrogens (tertiary/aromatic N) is 2. The van der Waals surface area contributed by atoms with E-state index in [0.29, 0.717) is 5.11 Å². The largest absolute Gasteiger partial charge is 0.496 e. The van der Waals surface area contributed by atoms with Crippen LogP contribution in [-0.4, -0.2) is 37.4 Å². The highest BCUT2D eigenvalue weighted by molar-refractivity contribution is 7.80. The van der Waals surface area contributed by atoms with Gasteiger partial charge in [0.2, 0.25) is 0 Å². The lowest BCUT2D eigenvalue weighted by atomic mass is 10.2. The first-order valence-electron chi connectivity index (χ1n) is 4.78. The molecule has 1 aromatic carbocycles. The summed E-state index contributed by atoms with van der Waals surface area (Å²) < 4.78 is 5.19. The summed E-state index contributed by atoms with van der Waals surface area (Å²) in [5, 5.41) is 4.59. The third-order valence-electron chi connectivity index (χ3n) is 1.91. The summed E-state index contributed by atoms with van der Waals surface area (Å²) in [6.07, 6.45) is 1.68. The van der Waals surface area contributed by atoms with Gasteiger partial charge in [0.1, 0.15) is 5.75 Å². The zero-order valence-electron chi connectivity index (χ0n) is 9.60. The molecule has 0 aliphatic heterocycles. The topological polar surface area (TPSA) is 36.9 Å². The number of benzene rings is 1. The second-order valence-electron chi connectivity index (χ2n) is 3.31. The number of nitrogens with one attached hydrogen (secondary N) is 1. The van der Waals surface area contributed by atoms with E-state index in [9.17, 15) is 0 Å². The molecule has 0 aliphatic rings. The Morgan fingerprint density at radius 1 is 1.44 bits per heavy atom. The molecule has 0 unspecified atom stereocenters. The Kier molecular flexibility index (Phi) is 4.72. The van der Waals surface area contributed by atoms with Gasteiger partial charge >= 0.3 is 0 Å². The Bertz CT molecular complexity index is 391. The molecule has 1 aromatic rings. The first-order chi connectivity index (χ1) is 7.65. The number of para-hydroxylation sites is 1. The highest BCUT2D eigenvalue weighted by Crippen LogP contribution is 2.14. The van der Waals surface area contributed by atoms with Crippen molar-refractivity contribution in [2.75, 3.05) is 21.2 Å². The fraction of sp³-hybridized carbons (Fsp3) is 0.273. The molecule has 0 fully saturated rings. The predicted octanol–water partition coefficient (Wildman–Crippen LogP) is 1.47. The van der Waals surface area contributed by atoms with Crippen molar-refractivity contribution in [1.29, 1.82) is 0 Å². The fourth-order valence-electron chi connectivity index (χ4n) is 1.03. The molecule has 1 N–H and O–H groups in total. The van der Waals surface area contributed by atoms with Gasteiger partial charge in [0.25, 0.3) is 0 Å². The number of thiocarbonyl (C=S) groups is 1. The van der Waals surface area contributed by atoms with Crippen molar-refractivity contribution >= 4 is 23.5 Å². The Labute approximate surface area is 101 Å². The van der Waals surface area contributed by atoms with Crippen molar-refractivity contribution < 1.29 is 4.74 Å². The van der Waals surface area contributed by atoms with Crippen LogP contribution in [0.4, 0.5) is 0 Å². The summed E-state index contributed by atoms with van der Waals surface area (Å²) in [5.74, 6) is 0.781. The van der Waals surface area contributed by atoms with E-state index in [0.717, 1.165) is 11.3 Å². The van der Waals surface area contributed by atoms with Crippen LogP contribution >= 0.6 is 12.2 Å². The van der Waals surface area contributed by atoms with E-state index in [4.69, 9.17) is 17.0 Å². The molecule has 0 amide bonds. The summed E-state index contributed by atoms with van der Waals surface area (Å²) in [5.41, 5.74) is 3.66. The van der Waals surface area contributed by atoms with Crippen LogP contribution < -0.4 is 10.2 Å². The predicted molar refractivity (Wildman–Crippen MR) is 70.0 cm³/mol. The van der Waals surface area contributed by atoms with Gasteiger partial charge in [-0.15, -0.1) is 0 Å². The Morgan fingerprint density at radius 2 is 2.12 bits per heavy atom. The van der Waals surface area contributed by atoms with Gasteiger partial charge in [0, 0.05) is 19.7 Å². The van der Waals surface area contributed by atoms with Gasteiger partial charge in [-0.1, -0.05) is 12.1 Å². The average Bonchev–Trinajstić information content (AvgIpc) is 2.29. The van der Waals surface area contributed by atoms with Crippen molar-refractivity contribution in [1.82, 2.24) is 10.3 Å². The minimum atomic E-state index is 0.561. The molecule has 0 aromatic heterocycles. The van der Waals surface area contributed by atoms with E-state index >= 15 is 0 Å². The standard InChI is InChI=1S/C11H15N3OS/c1-14(2)11(16)13-12-8-9-6-4-5-7-10(9)15-3/h4-8H,1-3H3,(H,13,16)/b12-8+. The molecule has 0 radical (unpaired) electrons. The van der Waals surface area contributed by atoms with Gasteiger partial charge in [-0.25, -0.2) is 0 Å². The molecular weight excluding hydrogens is 222 g/mol. The molecule has 0 heterocycles. The molecule has 0 saturated heterocycles. The molecule has 5 heteroatoms. The van der Waals surface area contributed by atoms with Crippen LogP contribution in [-0.2, 0) is 0 Å². The molecule has 86 valence electrons. The summed E-state index contributed by atoms with van der Waals surface area (Å²) >= 11 is 5.02. The SMILES string of the molecule is COc1ccccc1/C=N/NC(=S)N(C)C. The Hall–Kier alpha value is -1.62. The monoisotopic (exact) mass is 237 g/mol. The minimum Gasteiger partial charge on any atom is -0.496 e. The summed E-state index contributed by atoms with van der Waals surface area (Å²) in [4.78, 5) is 1.77. The summed E-state index contributed by atoms with van der Waals surface area (Å²) in [6.45, 7) is 0. The van der Waals surface area contributed by atoms with Crippen LogP contribution in [0, 0.1) is 0 Å². The maximum absolute atomic E-state index is 5.19. The Balaban J connectivity index is 2.66. The smallest absolute Gasteiger partial charge is 0.189 e. The number of hydrazone groups is 1. The lowest BCUT2D eigenvalue weighted by molar-refractivity contribution is 0.414. The lowest BCUT2D eigenvalue weighted by Gasteiger charge is -2.11. The lowest BCUT2D eigenvalue weighted by Crippen LogP contribution is -2.30. The molecule has 0 atom stereocenters. The van der Waals surface area contributed by atoms with E-state index in [1.807, 2.05) is 38.4 Å². The van der Waals surface area contributed by atoms with E-state index in [-0.39, 0.29) is 0 Å². The fourth-order valence-corrected chi connectivity index (χ4v) is 1.08. The van der Waals surface area contributed by atoms with Crippen LogP contribution in [0.15, 0.2) is 29.4 Å². The van der Waals surface area contributed by atoms with E-state index < -0.39 is 0 Å². The second kappa shape index (κ2) is 6.07. The zero-order chi connectivity index (χ0) is 12.0. The molecule has 0 aliphatic carbocycles. The molecule has 0 saturated carbocycles. The normalized spacial score (nSPS) is 10.2. The van der Waals surface area contributed by atoms with Gasteiger partial charge in [0.15, 0.2) is 5.11 Å². The van der Waals surface area contributed by atoms with E-state index in [1.54, 1.807) is 18.2 Å². The maximum atomic E-state index is 5.19. The van der Waals surface area contributed by atoms with Crippen LogP contribution in [0.3, 0.4) is 0 Å². The van der Waals surface area contributed by atoms with Gasteiger partial charge < -0.3 is 9.64 Å². The number of ether oxygens (including phenoxy) is 1. The first-order valence-corrected chi connectivity index (χ1v) is 5.19.